The van der Waals surface area contributed by atoms with Crippen molar-refractivity contribution >= 4 is 31.7 Å². The monoisotopic (exact) mass is 430 g/mol. The van der Waals surface area contributed by atoms with Gasteiger partial charge in [-0.25, -0.2) is 0 Å². The number of alkyl halides is 3. The van der Waals surface area contributed by atoms with Crippen LogP contribution in [-0.4, -0.2) is 13.9 Å². The van der Waals surface area contributed by atoms with Crippen molar-refractivity contribution in [1.29, 1.82) is 0 Å². The molecule has 4 rings (SSSR count). The van der Waals surface area contributed by atoms with Crippen LogP contribution in [0.15, 0.2) is 66.7 Å². The zero-order valence-corrected chi connectivity index (χ0v) is 16.9. The second kappa shape index (κ2) is 7.02. The Labute approximate surface area is 171 Å². The van der Waals surface area contributed by atoms with E-state index in [1.807, 2.05) is 50.2 Å². The SMILES string of the molecule is Cc1ccc2cc(-c3cc4ccc(C)cc4cc3OS(=O)(=O)C(F)(F)F)ccc2c1. The summed E-state index contributed by atoms with van der Waals surface area (Å²) >= 11 is 0. The predicted octanol–water partition coefficient (Wildman–Crippen LogP) is 6.51. The van der Waals surface area contributed by atoms with Gasteiger partial charge in [0.2, 0.25) is 0 Å². The van der Waals surface area contributed by atoms with Gasteiger partial charge in [-0.15, -0.1) is 0 Å². The molecule has 30 heavy (non-hydrogen) atoms. The zero-order valence-electron chi connectivity index (χ0n) is 16.1. The Morgan fingerprint density at radius 1 is 0.700 bits per heavy atom. The molecular weight excluding hydrogens is 413 g/mol. The molecule has 3 nitrogen and oxygen atoms in total. The summed E-state index contributed by atoms with van der Waals surface area (Å²) in [6, 6.07) is 19.7. The van der Waals surface area contributed by atoms with Gasteiger partial charge in [0.15, 0.2) is 5.75 Å². The summed E-state index contributed by atoms with van der Waals surface area (Å²) < 4.78 is 66.9. The van der Waals surface area contributed by atoms with E-state index in [1.165, 1.54) is 6.07 Å². The van der Waals surface area contributed by atoms with Crippen LogP contribution in [0.2, 0.25) is 0 Å². The molecule has 0 unspecified atom stereocenters. The topological polar surface area (TPSA) is 43.4 Å². The molecule has 7 heteroatoms. The molecule has 0 radical (unpaired) electrons. The van der Waals surface area contributed by atoms with E-state index >= 15 is 0 Å². The summed E-state index contributed by atoms with van der Waals surface area (Å²) in [5.74, 6) is -0.364. The van der Waals surface area contributed by atoms with Gasteiger partial charge in [0.05, 0.1) is 0 Å². The number of aryl methyl sites for hydroxylation is 2. The Hall–Kier alpha value is -3.06. The second-order valence-electron chi connectivity index (χ2n) is 7.25. The molecule has 0 aliphatic rings. The fourth-order valence-electron chi connectivity index (χ4n) is 3.39. The summed E-state index contributed by atoms with van der Waals surface area (Å²) in [6.07, 6.45) is 0. The highest BCUT2D eigenvalue weighted by molar-refractivity contribution is 7.88. The maximum absolute atomic E-state index is 13.0. The highest BCUT2D eigenvalue weighted by Crippen LogP contribution is 2.38. The minimum Gasteiger partial charge on any atom is -0.375 e. The molecule has 154 valence electrons. The molecule has 4 aromatic rings. The summed E-state index contributed by atoms with van der Waals surface area (Å²) in [4.78, 5) is 0. The molecule has 0 aliphatic carbocycles. The van der Waals surface area contributed by atoms with E-state index < -0.39 is 15.6 Å². The van der Waals surface area contributed by atoms with E-state index in [0.29, 0.717) is 10.9 Å². The van der Waals surface area contributed by atoms with Crippen LogP contribution in [0, 0.1) is 13.8 Å². The lowest BCUT2D eigenvalue weighted by atomic mass is 9.96. The third-order valence-electron chi connectivity index (χ3n) is 4.88. The van der Waals surface area contributed by atoms with Crippen molar-refractivity contribution in [3.8, 4) is 16.9 Å². The lowest BCUT2D eigenvalue weighted by molar-refractivity contribution is -0.0499. The molecule has 0 N–H and O–H groups in total. The van der Waals surface area contributed by atoms with Gasteiger partial charge in [-0.1, -0.05) is 59.7 Å². The van der Waals surface area contributed by atoms with Crippen molar-refractivity contribution in [3.05, 3.63) is 77.9 Å². The van der Waals surface area contributed by atoms with Crippen molar-refractivity contribution in [2.75, 3.05) is 0 Å². The molecule has 4 aromatic carbocycles. The maximum atomic E-state index is 13.0. The second-order valence-corrected chi connectivity index (χ2v) is 8.79. The van der Waals surface area contributed by atoms with Crippen LogP contribution in [0.3, 0.4) is 0 Å². The average Bonchev–Trinajstić information content (AvgIpc) is 2.66. The molecule has 0 fully saturated rings. The van der Waals surface area contributed by atoms with Crippen LogP contribution in [0.25, 0.3) is 32.7 Å². The molecule has 0 spiro atoms. The molecule has 0 aliphatic heterocycles. The van der Waals surface area contributed by atoms with E-state index in [0.717, 1.165) is 27.3 Å². The summed E-state index contributed by atoms with van der Waals surface area (Å²) in [7, 11) is -5.81. The van der Waals surface area contributed by atoms with Crippen LogP contribution < -0.4 is 4.18 Å². The molecular formula is C23H17F3O3S. The van der Waals surface area contributed by atoms with Crippen molar-refractivity contribution < 1.29 is 25.8 Å². The Kier molecular flexibility index (Phi) is 4.73. The maximum Gasteiger partial charge on any atom is 0.534 e. The van der Waals surface area contributed by atoms with Crippen molar-refractivity contribution in [2.24, 2.45) is 0 Å². The lowest BCUT2D eigenvalue weighted by Crippen LogP contribution is -2.28. The largest absolute Gasteiger partial charge is 0.534 e. The minimum atomic E-state index is -5.81. The molecule has 0 atom stereocenters. The highest BCUT2D eigenvalue weighted by Gasteiger charge is 2.48. The number of hydrogen-bond acceptors (Lipinski definition) is 3. The molecule has 0 amide bonds. The van der Waals surface area contributed by atoms with Crippen molar-refractivity contribution in [2.45, 2.75) is 19.4 Å². The first kappa shape index (κ1) is 20.2. The van der Waals surface area contributed by atoms with Crippen molar-refractivity contribution in [1.82, 2.24) is 0 Å². The zero-order chi connectivity index (χ0) is 21.7. The van der Waals surface area contributed by atoms with Crippen LogP contribution in [0.5, 0.6) is 5.75 Å². The predicted molar refractivity (Wildman–Crippen MR) is 112 cm³/mol. The van der Waals surface area contributed by atoms with Gasteiger partial charge < -0.3 is 4.18 Å². The fraction of sp³-hybridized carbons (Fsp3) is 0.130. The first-order chi connectivity index (χ1) is 14.0. The first-order valence-electron chi connectivity index (χ1n) is 9.09. The van der Waals surface area contributed by atoms with Gasteiger partial charge in [0.1, 0.15) is 0 Å². The molecule has 0 aromatic heterocycles. The average molecular weight is 430 g/mol. The van der Waals surface area contributed by atoms with Crippen LogP contribution >= 0.6 is 0 Å². The fourth-order valence-corrected chi connectivity index (χ4v) is 3.86. The first-order valence-corrected chi connectivity index (χ1v) is 10.5. The molecule has 0 saturated carbocycles. The van der Waals surface area contributed by atoms with E-state index in [9.17, 15) is 21.6 Å². The van der Waals surface area contributed by atoms with Crippen molar-refractivity contribution in [3.63, 3.8) is 0 Å². The highest BCUT2D eigenvalue weighted by atomic mass is 32.2. The molecule has 0 heterocycles. The minimum absolute atomic E-state index is 0.265. The Balaban J connectivity index is 1.95. The Morgan fingerprint density at radius 3 is 1.87 bits per heavy atom. The number of rotatable bonds is 3. The third-order valence-corrected chi connectivity index (χ3v) is 5.85. The number of fused-ring (bicyclic) bond motifs is 2. The number of hydrogen-bond donors (Lipinski definition) is 0. The van der Waals surface area contributed by atoms with E-state index in [2.05, 4.69) is 4.18 Å². The smallest absolute Gasteiger partial charge is 0.375 e. The summed E-state index contributed by atoms with van der Waals surface area (Å²) in [6.45, 7) is 3.80. The van der Waals surface area contributed by atoms with Crippen LogP contribution in [-0.2, 0) is 10.1 Å². The van der Waals surface area contributed by atoms with Gasteiger partial charge in [-0.05, 0) is 59.2 Å². The van der Waals surface area contributed by atoms with E-state index in [4.69, 9.17) is 0 Å². The normalized spacial score (nSPS) is 12.4. The van der Waals surface area contributed by atoms with Gasteiger partial charge in [0, 0.05) is 5.56 Å². The Bertz CT molecular complexity index is 1390. The quantitative estimate of drug-likeness (QED) is 0.275. The van der Waals surface area contributed by atoms with Gasteiger partial charge in [0.25, 0.3) is 0 Å². The van der Waals surface area contributed by atoms with E-state index in [-0.39, 0.29) is 11.3 Å². The van der Waals surface area contributed by atoms with E-state index in [1.54, 1.807) is 24.3 Å². The standard InChI is InChI=1S/C23H17F3O3S/c1-14-3-5-17-11-19(8-7-16(17)9-14)21-12-18-6-4-15(2)10-20(18)13-22(21)29-30(27,28)23(24,25)26/h3-13H,1-2H3. The molecule has 0 saturated heterocycles. The molecule has 0 bridgehead atoms. The summed E-state index contributed by atoms with van der Waals surface area (Å²) in [5.41, 5.74) is -2.73. The summed E-state index contributed by atoms with van der Waals surface area (Å²) in [5, 5.41) is 3.20. The Morgan fingerprint density at radius 2 is 1.23 bits per heavy atom. The lowest BCUT2D eigenvalue weighted by Gasteiger charge is -2.15. The van der Waals surface area contributed by atoms with Gasteiger partial charge in [-0.2, -0.15) is 21.6 Å². The third kappa shape index (κ3) is 3.73. The number of benzene rings is 4. The van der Waals surface area contributed by atoms with Crippen LogP contribution in [0.1, 0.15) is 11.1 Å². The van der Waals surface area contributed by atoms with Gasteiger partial charge >= 0.3 is 15.6 Å². The number of halogens is 3. The van der Waals surface area contributed by atoms with Gasteiger partial charge in [-0.3, -0.25) is 0 Å². The van der Waals surface area contributed by atoms with Crippen LogP contribution in [0.4, 0.5) is 13.2 Å².